The van der Waals surface area contributed by atoms with Crippen molar-refractivity contribution in [2.75, 3.05) is 19.7 Å². The number of halogens is 1. The zero-order valence-corrected chi connectivity index (χ0v) is 11.0. The van der Waals surface area contributed by atoms with E-state index in [1.54, 1.807) is 6.07 Å². The molecule has 1 aliphatic heterocycles. The van der Waals surface area contributed by atoms with E-state index in [-0.39, 0.29) is 18.0 Å². The summed E-state index contributed by atoms with van der Waals surface area (Å²) in [6.45, 7) is 4.43. The van der Waals surface area contributed by atoms with Gasteiger partial charge in [-0.2, -0.15) is 5.26 Å². The van der Waals surface area contributed by atoms with Gasteiger partial charge in [0.15, 0.2) is 0 Å². The molecule has 4 nitrogen and oxygen atoms in total. The lowest BCUT2D eigenvalue weighted by Crippen LogP contribution is -2.49. The fourth-order valence-electron chi connectivity index (χ4n) is 2.20. The minimum atomic E-state index is -0.275. The first-order valence-corrected chi connectivity index (χ1v) is 6.38. The molecule has 1 aromatic carbocycles. The molecule has 0 radical (unpaired) electrons. The Morgan fingerprint density at radius 1 is 1.63 bits per heavy atom. The number of benzene rings is 1. The lowest BCUT2D eigenvalue weighted by atomic mass is 10.1. The normalized spacial score (nSPS) is 21.9. The third-order valence-corrected chi connectivity index (χ3v) is 3.33. The van der Waals surface area contributed by atoms with Gasteiger partial charge in [0.2, 0.25) is 0 Å². The summed E-state index contributed by atoms with van der Waals surface area (Å²) in [6.07, 6.45) is -0.0176. The molecule has 2 atom stereocenters. The summed E-state index contributed by atoms with van der Waals surface area (Å²) < 4.78 is 19.3. The van der Waals surface area contributed by atoms with Crippen LogP contribution in [0.25, 0.3) is 0 Å². The van der Waals surface area contributed by atoms with Gasteiger partial charge in [-0.15, -0.1) is 0 Å². The van der Waals surface area contributed by atoms with Crippen LogP contribution in [0.5, 0.6) is 0 Å². The average Bonchev–Trinajstić information content (AvgIpc) is 2.41. The highest BCUT2D eigenvalue weighted by Gasteiger charge is 2.23. The lowest BCUT2D eigenvalue weighted by Gasteiger charge is -2.34. The molecule has 1 fully saturated rings. The van der Waals surface area contributed by atoms with Gasteiger partial charge < -0.3 is 10.5 Å². The quantitative estimate of drug-likeness (QED) is 0.891. The molecule has 0 saturated carbocycles. The summed E-state index contributed by atoms with van der Waals surface area (Å²) in [5.74, 6) is -0.275. The highest BCUT2D eigenvalue weighted by molar-refractivity contribution is 5.33. The number of hydrogen-bond acceptors (Lipinski definition) is 4. The molecular formula is C14H18FN3O. The summed E-state index contributed by atoms with van der Waals surface area (Å²) in [4.78, 5) is 2.11. The van der Waals surface area contributed by atoms with Crippen LogP contribution in [-0.4, -0.2) is 36.7 Å². The molecule has 0 amide bonds. The van der Waals surface area contributed by atoms with Crippen LogP contribution in [0.4, 0.5) is 4.39 Å². The average molecular weight is 263 g/mol. The second-order valence-corrected chi connectivity index (χ2v) is 4.92. The second kappa shape index (κ2) is 6.11. The van der Waals surface area contributed by atoms with Gasteiger partial charge >= 0.3 is 0 Å². The molecule has 5 heteroatoms. The molecule has 0 aromatic heterocycles. The molecule has 2 N–H and O–H groups in total. The summed E-state index contributed by atoms with van der Waals surface area (Å²) in [6, 6.07) is 6.42. The molecule has 0 aliphatic carbocycles. The number of hydrogen-bond donors (Lipinski definition) is 1. The topological polar surface area (TPSA) is 62.3 Å². The summed E-state index contributed by atoms with van der Waals surface area (Å²) in [5.41, 5.74) is 6.86. The van der Waals surface area contributed by atoms with Gasteiger partial charge in [-0.25, -0.2) is 4.39 Å². The van der Waals surface area contributed by atoms with Crippen LogP contribution in [0.3, 0.4) is 0 Å². The van der Waals surface area contributed by atoms with E-state index in [1.807, 2.05) is 13.0 Å². The summed E-state index contributed by atoms with van der Waals surface area (Å²) in [5, 5.41) is 8.85. The number of nitrogens with zero attached hydrogens (tertiary/aromatic N) is 2. The molecule has 102 valence electrons. The highest BCUT2D eigenvalue weighted by atomic mass is 19.1. The van der Waals surface area contributed by atoms with E-state index in [9.17, 15) is 4.39 Å². The van der Waals surface area contributed by atoms with Crippen molar-refractivity contribution in [3.8, 4) is 6.07 Å². The molecule has 2 unspecified atom stereocenters. The number of ether oxygens (including phenoxy) is 1. The van der Waals surface area contributed by atoms with Crippen molar-refractivity contribution < 1.29 is 9.13 Å². The van der Waals surface area contributed by atoms with E-state index in [0.717, 1.165) is 6.54 Å². The maximum atomic E-state index is 13.7. The highest BCUT2D eigenvalue weighted by Crippen LogP contribution is 2.16. The van der Waals surface area contributed by atoms with Crippen LogP contribution in [-0.2, 0) is 11.3 Å². The zero-order chi connectivity index (χ0) is 13.8. The van der Waals surface area contributed by atoms with Gasteiger partial charge in [0, 0.05) is 31.2 Å². The molecule has 1 aromatic rings. The Hall–Kier alpha value is -1.48. The Labute approximate surface area is 112 Å². The standard InChI is InChI=1S/C14H18FN3O/c1-10(17)14-9-18(4-5-19-14)8-12-6-11(7-16)2-3-13(12)15/h2-3,6,10,14H,4-5,8-9,17H2,1H3. The van der Waals surface area contributed by atoms with Gasteiger partial charge in [0.05, 0.1) is 24.3 Å². The monoisotopic (exact) mass is 263 g/mol. The molecule has 1 aliphatic rings. The minimum absolute atomic E-state index is 0.0176. The Morgan fingerprint density at radius 3 is 3.11 bits per heavy atom. The lowest BCUT2D eigenvalue weighted by molar-refractivity contribution is -0.0406. The van der Waals surface area contributed by atoms with E-state index >= 15 is 0 Å². The van der Waals surface area contributed by atoms with E-state index in [2.05, 4.69) is 4.90 Å². The molecular weight excluding hydrogens is 245 g/mol. The number of nitriles is 1. The van der Waals surface area contributed by atoms with Crippen molar-refractivity contribution in [3.05, 3.63) is 35.1 Å². The third kappa shape index (κ3) is 3.51. The number of nitrogens with two attached hydrogens (primary N) is 1. The molecule has 1 saturated heterocycles. The molecule has 1 heterocycles. The molecule has 19 heavy (non-hydrogen) atoms. The predicted molar refractivity (Wildman–Crippen MR) is 69.8 cm³/mol. The Bertz CT molecular complexity index is 484. The fourth-order valence-corrected chi connectivity index (χ4v) is 2.20. The molecule has 0 bridgehead atoms. The van der Waals surface area contributed by atoms with Gasteiger partial charge in [0.25, 0.3) is 0 Å². The van der Waals surface area contributed by atoms with E-state index in [0.29, 0.717) is 30.8 Å². The van der Waals surface area contributed by atoms with Crippen LogP contribution in [0.2, 0.25) is 0 Å². The Kier molecular flexibility index (Phi) is 4.48. The van der Waals surface area contributed by atoms with Crippen LogP contribution >= 0.6 is 0 Å². The van der Waals surface area contributed by atoms with Gasteiger partial charge in [0.1, 0.15) is 5.82 Å². The van der Waals surface area contributed by atoms with Crippen LogP contribution in [0.1, 0.15) is 18.1 Å². The number of rotatable bonds is 3. The van der Waals surface area contributed by atoms with E-state index in [1.165, 1.54) is 12.1 Å². The molecule has 0 spiro atoms. The van der Waals surface area contributed by atoms with Crippen molar-refractivity contribution >= 4 is 0 Å². The maximum absolute atomic E-state index is 13.7. The second-order valence-electron chi connectivity index (χ2n) is 4.92. The number of morpholine rings is 1. The first-order chi connectivity index (χ1) is 9.10. The largest absolute Gasteiger partial charge is 0.374 e. The Balaban J connectivity index is 2.06. The van der Waals surface area contributed by atoms with Crippen molar-refractivity contribution in [1.29, 1.82) is 5.26 Å². The van der Waals surface area contributed by atoms with Crippen molar-refractivity contribution in [2.45, 2.75) is 25.6 Å². The minimum Gasteiger partial charge on any atom is -0.374 e. The predicted octanol–water partition coefficient (Wildman–Crippen LogP) is 1.25. The van der Waals surface area contributed by atoms with Gasteiger partial charge in [-0.3, -0.25) is 4.90 Å². The fraction of sp³-hybridized carbons (Fsp3) is 0.500. The van der Waals surface area contributed by atoms with E-state index < -0.39 is 0 Å². The van der Waals surface area contributed by atoms with Crippen molar-refractivity contribution in [3.63, 3.8) is 0 Å². The maximum Gasteiger partial charge on any atom is 0.127 e. The van der Waals surface area contributed by atoms with Crippen LogP contribution in [0, 0.1) is 17.1 Å². The molecule has 2 rings (SSSR count). The Morgan fingerprint density at radius 2 is 2.42 bits per heavy atom. The van der Waals surface area contributed by atoms with Crippen molar-refractivity contribution in [2.24, 2.45) is 5.73 Å². The SMILES string of the molecule is CC(N)C1CN(Cc2cc(C#N)ccc2F)CCO1. The van der Waals surface area contributed by atoms with E-state index in [4.69, 9.17) is 15.7 Å². The zero-order valence-electron chi connectivity index (χ0n) is 11.0. The van der Waals surface area contributed by atoms with Crippen molar-refractivity contribution in [1.82, 2.24) is 4.90 Å². The van der Waals surface area contributed by atoms with Gasteiger partial charge in [-0.05, 0) is 25.1 Å². The van der Waals surface area contributed by atoms with Crippen LogP contribution in [0.15, 0.2) is 18.2 Å². The first kappa shape index (κ1) is 13.9. The summed E-state index contributed by atoms with van der Waals surface area (Å²) in [7, 11) is 0. The van der Waals surface area contributed by atoms with Gasteiger partial charge in [-0.1, -0.05) is 0 Å². The first-order valence-electron chi connectivity index (χ1n) is 6.38. The van der Waals surface area contributed by atoms with Crippen LogP contribution < -0.4 is 5.73 Å². The smallest absolute Gasteiger partial charge is 0.127 e. The third-order valence-electron chi connectivity index (χ3n) is 3.33. The summed E-state index contributed by atoms with van der Waals surface area (Å²) >= 11 is 0.